The molecule has 2 unspecified atom stereocenters. The van der Waals surface area contributed by atoms with Crippen molar-refractivity contribution in [1.29, 1.82) is 5.26 Å². The van der Waals surface area contributed by atoms with Crippen molar-refractivity contribution in [2.24, 2.45) is 11.7 Å². The second-order valence-electron chi connectivity index (χ2n) is 8.48. The van der Waals surface area contributed by atoms with Gasteiger partial charge in [0.1, 0.15) is 17.9 Å². The lowest BCUT2D eigenvalue weighted by atomic mass is 10.1. The van der Waals surface area contributed by atoms with Gasteiger partial charge in [-0.15, -0.1) is 0 Å². The van der Waals surface area contributed by atoms with Crippen LogP contribution in [0.5, 0.6) is 0 Å². The molecule has 4 atom stereocenters. The normalized spacial score (nSPS) is 26.8. The fourth-order valence-electron chi connectivity index (χ4n) is 4.85. The van der Waals surface area contributed by atoms with Crippen LogP contribution in [0.3, 0.4) is 0 Å². The maximum Gasteiger partial charge on any atom is 0.229 e. The molecule has 2 saturated heterocycles. The molecular formula is C23H24FN6O+. The topological polar surface area (TPSA) is 102 Å². The molecule has 7 nitrogen and oxygen atoms in total. The molecule has 3 aliphatic rings. The van der Waals surface area contributed by atoms with Crippen LogP contribution in [0.4, 0.5) is 4.39 Å². The van der Waals surface area contributed by atoms with Crippen LogP contribution in [0, 0.1) is 17.2 Å². The molecular weight excluding hydrogens is 395 g/mol. The third-order valence-corrected chi connectivity index (χ3v) is 6.51. The number of fused-ring (bicyclic) bond motifs is 2. The minimum Gasteiger partial charge on any atom is -0.404 e. The summed E-state index contributed by atoms with van der Waals surface area (Å²) in [7, 11) is 0. The first kappa shape index (κ1) is 19.5. The maximum atomic E-state index is 13.5. The summed E-state index contributed by atoms with van der Waals surface area (Å²) in [6, 6.07) is 7.87. The number of nitriles is 1. The van der Waals surface area contributed by atoms with E-state index >= 15 is 0 Å². The summed E-state index contributed by atoms with van der Waals surface area (Å²) in [5.41, 5.74) is 9.84. The molecule has 2 aromatic heterocycles. The van der Waals surface area contributed by atoms with Crippen molar-refractivity contribution in [3.8, 4) is 17.3 Å². The number of pyridine rings is 1. The summed E-state index contributed by atoms with van der Waals surface area (Å²) < 4.78 is 15.7. The van der Waals surface area contributed by atoms with Crippen molar-refractivity contribution in [3.05, 3.63) is 54.1 Å². The van der Waals surface area contributed by atoms with Crippen LogP contribution in [0.1, 0.15) is 30.5 Å². The van der Waals surface area contributed by atoms with Crippen molar-refractivity contribution < 1.29 is 13.8 Å². The Labute approximate surface area is 179 Å². The first-order valence-corrected chi connectivity index (χ1v) is 10.6. The number of piperazine rings is 1. The SMILES string of the molecule is N#Cc1ccc(-c2c[nH]c(C(/C=C\N)=[N+]3CC4CCC(C3)N4C(=O)[C@@H]3C[C@H]3F)c2)nc1. The molecule has 3 N–H and O–H groups in total. The van der Waals surface area contributed by atoms with E-state index < -0.39 is 12.1 Å². The smallest absolute Gasteiger partial charge is 0.229 e. The molecule has 1 amide bonds. The number of H-pyrrole nitrogens is 1. The molecule has 158 valence electrons. The third-order valence-electron chi connectivity index (χ3n) is 6.51. The van der Waals surface area contributed by atoms with Crippen LogP contribution in [-0.2, 0) is 4.79 Å². The van der Waals surface area contributed by atoms with Gasteiger partial charge in [0.05, 0.1) is 29.3 Å². The van der Waals surface area contributed by atoms with Gasteiger partial charge >= 0.3 is 0 Å². The third kappa shape index (κ3) is 3.50. The average molecular weight is 419 g/mol. The van der Waals surface area contributed by atoms with Crippen molar-refractivity contribution >= 4 is 11.6 Å². The van der Waals surface area contributed by atoms with Gasteiger partial charge in [-0.1, -0.05) is 0 Å². The Morgan fingerprint density at radius 3 is 2.68 bits per heavy atom. The number of nitrogens with zero attached hydrogens (tertiary/aromatic N) is 4. The summed E-state index contributed by atoms with van der Waals surface area (Å²) in [5, 5.41) is 8.96. The summed E-state index contributed by atoms with van der Waals surface area (Å²) in [4.78, 5) is 22.3. The van der Waals surface area contributed by atoms with Crippen molar-refractivity contribution in [2.45, 2.75) is 37.5 Å². The summed E-state index contributed by atoms with van der Waals surface area (Å²) >= 11 is 0. The Balaban J connectivity index is 1.42. The zero-order chi connectivity index (χ0) is 21.5. The Kier molecular flexibility index (Phi) is 4.81. The van der Waals surface area contributed by atoms with E-state index in [0.717, 1.165) is 35.5 Å². The van der Waals surface area contributed by atoms with Crippen molar-refractivity contribution in [3.63, 3.8) is 0 Å². The number of carbonyl (C=O) groups is 1. The number of hydrogen-bond acceptors (Lipinski definition) is 4. The molecule has 31 heavy (non-hydrogen) atoms. The zero-order valence-electron chi connectivity index (χ0n) is 17.0. The van der Waals surface area contributed by atoms with Crippen LogP contribution in [0.15, 0.2) is 42.9 Å². The predicted molar refractivity (Wildman–Crippen MR) is 113 cm³/mol. The Morgan fingerprint density at radius 1 is 1.35 bits per heavy atom. The van der Waals surface area contributed by atoms with E-state index in [1.54, 1.807) is 12.3 Å². The molecule has 2 bridgehead atoms. The number of hydrogen-bond donors (Lipinski definition) is 2. The molecule has 5 rings (SSSR count). The number of halogens is 1. The number of allylic oxidation sites excluding steroid dienone is 1. The van der Waals surface area contributed by atoms with Crippen LogP contribution in [0.2, 0.25) is 0 Å². The highest BCUT2D eigenvalue weighted by Gasteiger charge is 2.53. The number of alkyl halides is 1. The quantitative estimate of drug-likeness (QED) is 0.740. The summed E-state index contributed by atoms with van der Waals surface area (Å²) in [5.74, 6) is -0.433. The highest BCUT2D eigenvalue weighted by Crippen LogP contribution is 2.40. The lowest BCUT2D eigenvalue weighted by Crippen LogP contribution is -2.54. The molecule has 2 aliphatic heterocycles. The van der Waals surface area contributed by atoms with Gasteiger partial charge in [-0.2, -0.15) is 5.26 Å². The van der Waals surface area contributed by atoms with Gasteiger partial charge in [0.25, 0.3) is 0 Å². The molecule has 3 fully saturated rings. The standard InChI is InChI=1S/C23H23FN6O/c24-19-8-18(19)23(31)30-16-2-3-17(30)13-29(12-16)22(5-6-25)21-7-15(11-28-21)20-4-1-14(9-26)10-27-20/h1,4-7,10-11,16-19H,2-3,8,12-13H2,(H2,25,27,28)/p+1/t16?,17?,18-,19-/m1/s1. The van der Waals surface area contributed by atoms with E-state index in [-0.39, 0.29) is 18.0 Å². The van der Waals surface area contributed by atoms with Crippen LogP contribution < -0.4 is 5.73 Å². The number of amides is 1. The molecule has 1 saturated carbocycles. The van der Waals surface area contributed by atoms with Crippen molar-refractivity contribution in [2.75, 3.05) is 13.1 Å². The minimum atomic E-state index is -0.958. The Bertz CT molecular complexity index is 1100. The minimum absolute atomic E-state index is 0.00961. The van der Waals surface area contributed by atoms with E-state index in [2.05, 4.69) is 20.6 Å². The fraction of sp³-hybridized carbons (Fsp3) is 0.391. The number of nitrogens with one attached hydrogen (secondary N) is 1. The fourth-order valence-corrected chi connectivity index (χ4v) is 4.85. The number of rotatable bonds is 4. The molecule has 8 heteroatoms. The zero-order valence-corrected chi connectivity index (χ0v) is 17.0. The van der Waals surface area contributed by atoms with Gasteiger partial charge in [0, 0.05) is 30.2 Å². The van der Waals surface area contributed by atoms with Crippen molar-refractivity contribution in [1.82, 2.24) is 14.9 Å². The second-order valence-corrected chi connectivity index (χ2v) is 8.48. The average Bonchev–Trinajstić information content (AvgIpc) is 3.21. The van der Waals surface area contributed by atoms with Gasteiger partial charge < -0.3 is 15.6 Å². The van der Waals surface area contributed by atoms with E-state index in [9.17, 15) is 9.18 Å². The lowest BCUT2D eigenvalue weighted by Gasteiger charge is -2.33. The largest absolute Gasteiger partial charge is 0.404 e. The van der Waals surface area contributed by atoms with E-state index in [1.807, 2.05) is 29.3 Å². The van der Waals surface area contributed by atoms with Crippen LogP contribution >= 0.6 is 0 Å². The van der Waals surface area contributed by atoms with E-state index in [1.165, 1.54) is 6.20 Å². The molecule has 4 heterocycles. The van der Waals surface area contributed by atoms with Crippen LogP contribution in [0.25, 0.3) is 11.3 Å². The van der Waals surface area contributed by atoms with Gasteiger partial charge in [-0.3, -0.25) is 9.78 Å². The number of aromatic nitrogens is 2. The van der Waals surface area contributed by atoms with E-state index in [4.69, 9.17) is 11.0 Å². The number of carbonyl (C=O) groups excluding carboxylic acids is 1. The Morgan fingerprint density at radius 2 is 2.10 bits per heavy atom. The molecule has 0 aromatic carbocycles. The molecule has 1 aliphatic carbocycles. The molecule has 0 radical (unpaired) electrons. The van der Waals surface area contributed by atoms with Crippen LogP contribution in [-0.4, -0.2) is 62.4 Å². The first-order chi connectivity index (χ1) is 15.1. The lowest BCUT2D eigenvalue weighted by molar-refractivity contribution is -0.547. The predicted octanol–water partition coefficient (Wildman–Crippen LogP) is 1.95. The maximum absolute atomic E-state index is 13.5. The highest BCUT2D eigenvalue weighted by atomic mass is 19.1. The number of aromatic amines is 1. The highest BCUT2D eigenvalue weighted by molar-refractivity contribution is 6.04. The Hall–Kier alpha value is -3.47. The first-order valence-electron chi connectivity index (χ1n) is 10.6. The van der Waals surface area contributed by atoms with Gasteiger partial charge in [0.2, 0.25) is 11.6 Å². The van der Waals surface area contributed by atoms with E-state index in [0.29, 0.717) is 25.1 Å². The summed E-state index contributed by atoms with van der Waals surface area (Å²) in [6.07, 6.45) is 8.15. The second kappa shape index (κ2) is 7.65. The number of nitrogens with two attached hydrogens (primary N) is 1. The monoisotopic (exact) mass is 419 g/mol. The molecule has 2 aromatic rings. The van der Waals surface area contributed by atoms with Gasteiger partial charge in [-0.25, -0.2) is 8.97 Å². The molecule has 0 spiro atoms. The van der Waals surface area contributed by atoms with Gasteiger partial charge in [-0.05, 0) is 37.5 Å². The summed E-state index contributed by atoms with van der Waals surface area (Å²) in [6.45, 7) is 1.41. The van der Waals surface area contributed by atoms with Gasteiger partial charge in [0.15, 0.2) is 13.1 Å².